The Kier molecular flexibility index (Phi) is 8.04. The molecule has 6 nitrogen and oxygen atoms in total. The second kappa shape index (κ2) is 11.2. The predicted molar refractivity (Wildman–Crippen MR) is 134 cm³/mol. The first-order chi connectivity index (χ1) is 16.1. The summed E-state index contributed by atoms with van der Waals surface area (Å²) in [7, 11) is 0. The van der Waals surface area contributed by atoms with Gasteiger partial charge < -0.3 is 15.1 Å². The lowest BCUT2D eigenvalue weighted by atomic mass is 9.93. The fraction of sp³-hybridized carbons (Fsp3) is 0.538. The number of nitrogens with one attached hydrogen (secondary N) is 1. The molecule has 1 fully saturated rings. The molecule has 0 saturated carbocycles. The minimum Gasteiger partial charge on any atom is -0.339 e. The zero-order chi connectivity index (χ0) is 23.2. The Hall–Kier alpha value is -2.38. The van der Waals surface area contributed by atoms with Gasteiger partial charge in [-0.2, -0.15) is 0 Å². The summed E-state index contributed by atoms with van der Waals surface area (Å²) in [6, 6.07) is 13.1. The monoisotopic (exact) mass is 468 g/mol. The Morgan fingerprint density at radius 2 is 1.94 bits per heavy atom. The molecule has 1 saturated heterocycles. The second-order valence-corrected chi connectivity index (χ2v) is 10.1. The molecular weight excluding hydrogens is 432 g/mol. The standard InChI is InChI=1S/C26H36N4O2S/c1-3-4-13-27-26(32)30-17-16-29(19-20(30)2)24(31)11-15-28-14-10-23-22(12-18-33-23)25(28)21-8-6-5-7-9-21/h5-9,12,18,20,25H,3-4,10-11,13-17,19H2,1-2H3,(H,27,32). The second-order valence-electron chi connectivity index (χ2n) is 9.12. The highest BCUT2D eigenvalue weighted by Crippen LogP contribution is 2.37. The number of nitrogens with zero attached hydrogens (tertiary/aromatic N) is 3. The molecule has 1 aromatic heterocycles. The van der Waals surface area contributed by atoms with E-state index in [1.54, 1.807) is 0 Å². The molecule has 7 heteroatoms. The summed E-state index contributed by atoms with van der Waals surface area (Å²) >= 11 is 1.84. The van der Waals surface area contributed by atoms with Gasteiger partial charge in [0.25, 0.3) is 0 Å². The average molecular weight is 469 g/mol. The number of carbonyl (C=O) groups is 2. The van der Waals surface area contributed by atoms with E-state index in [9.17, 15) is 9.59 Å². The maximum absolute atomic E-state index is 13.1. The van der Waals surface area contributed by atoms with E-state index >= 15 is 0 Å². The van der Waals surface area contributed by atoms with Crippen LogP contribution in [0.5, 0.6) is 0 Å². The lowest BCUT2D eigenvalue weighted by Gasteiger charge is -2.40. The summed E-state index contributed by atoms with van der Waals surface area (Å²) < 4.78 is 0. The smallest absolute Gasteiger partial charge is 0.317 e. The van der Waals surface area contributed by atoms with Crippen molar-refractivity contribution in [1.82, 2.24) is 20.0 Å². The van der Waals surface area contributed by atoms with Crippen LogP contribution in [0.4, 0.5) is 4.79 Å². The highest BCUT2D eigenvalue weighted by Gasteiger charge is 2.32. The number of hydrogen-bond donors (Lipinski definition) is 1. The molecule has 2 unspecified atom stereocenters. The molecule has 2 atom stereocenters. The van der Waals surface area contributed by atoms with E-state index in [1.165, 1.54) is 16.0 Å². The van der Waals surface area contributed by atoms with Crippen molar-refractivity contribution in [1.29, 1.82) is 0 Å². The average Bonchev–Trinajstić information content (AvgIpc) is 3.31. The van der Waals surface area contributed by atoms with E-state index in [0.29, 0.717) is 32.6 Å². The summed E-state index contributed by atoms with van der Waals surface area (Å²) in [6.07, 6.45) is 3.62. The van der Waals surface area contributed by atoms with Crippen molar-refractivity contribution in [3.63, 3.8) is 0 Å². The van der Waals surface area contributed by atoms with Gasteiger partial charge in [0, 0.05) is 56.6 Å². The van der Waals surface area contributed by atoms with Gasteiger partial charge >= 0.3 is 6.03 Å². The molecule has 0 aliphatic carbocycles. The van der Waals surface area contributed by atoms with Gasteiger partial charge in [0.1, 0.15) is 0 Å². The maximum atomic E-state index is 13.1. The van der Waals surface area contributed by atoms with Gasteiger partial charge in [-0.3, -0.25) is 9.69 Å². The van der Waals surface area contributed by atoms with E-state index in [-0.39, 0.29) is 24.0 Å². The molecule has 0 spiro atoms. The number of thiophene rings is 1. The molecule has 1 N–H and O–H groups in total. The van der Waals surface area contributed by atoms with Crippen LogP contribution in [0.25, 0.3) is 0 Å². The summed E-state index contributed by atoms with van der Waals surface area (Å²) in [5, 5.41) is 5.19. The van der Waals surface area contributed by atoms with Crippen molar-refractivity contribution in [3.8, 4) is 0 Å². The topological polar surface area (TPSA) is 55.9 Å². The van der Waals surface area contributed by atoms with Crippen molar-refractivity contribution >= 4 is 23.3 Å². The molecule has 33 heavy (non-hydrogen) atoms. The van der Waals surface area contributed by atoms with Gasteiger partial charge in [0.05, 0.1) is 6.04 Å². The number of rotatable bonds is 7. The molecule has 2 aliphatic rings. The zero-order valence-corrected chi connectivity index (χ0v) is 20.7. The third kappa shape index (κ3) is 5.58. The van der Waals surface area contributed by atoms with Crippen molar-refractivity contribution in [2.75, 3.05) is 39.3 Å². The summed E-state index contributed by atoms with van der Waals surface area (Å²) in [4.78, 5) is 33.3. The van der Waals surface area contributed by atoms with Gasteiger partial charge in [-0.05, 0) is 42.3 Å². The van der Waals surface area contributed by atoms with Gasteiger partial charge in [0.2, 0.25) is 5.91 Å². The number of unbranched alkanes of at least 4 members (excludes halogenated alkanes) is 1. The van der Waals surface area contributed by atoms with Gasteiger partial charge in [-0.15, -0.1) is 11.3 Å². The van der Waals surface area contributed by atoms with Crippen molar-refractivity contribution in [3.05, 3.63) is 57.8 Å². The molecule has 3 amide bonds. The van der Waals surface area contributed by atoms with Crippen molar-refractivity contribution in [2.24, 2.45) is 0 Å². The first kappa shape index (κ1) is 23.8. The van der Waals surface area contributed by atoms with Crippen LogP contribution < -0.4 is 5.32 Å². The quantitative estimate of drug-likeness (QED) is 0.622. The minimum atomic E-state index is -0.00589. The fourth-order valence-corrected chi connectivity index (χ4v) is 5.90. The highest BCUT2D eigenvalue weighted by atomic mass is 32.1. The number of benzene rings is 1. The van der Waals surface area contributed by atoms with E-state index in [1.807, 2.05) is 28.1 Å². The van der Waals surface area contributed by atoms with E-state index in [0.717, 1.165) is 32.4 Å². The van der Waals surface area contributed by atoms with Crippen molar-refractivity contribution < 1.29 is 9.59 Å². The molecule has 0 radical (unpaired) electrons. The molecule has 4 rings (SSSR count). The number of amides is 3. The van der Waals surface area contributed by atoms with E-state index < -0.39 is 0 Å². The number of fused-ring (bicyclic) bond motifs is 1. The van der Waals surface area contributed by atoms with E-state index in [4.69, 9.17) is 0 Å². The largest absolute Gasteiger partial charge is 0.339 e. The Morgan fingerprint density at radius 1 is 1.12 bits per heavy atom. The molecular formula is C26H36N4O2S. The normalized spacial score (nSPS) is 21.0. The van der Waals surface area contributed by atoms with Crippen LogP contribution in [0.15, 0.2) is 41.8 Å². The van der Waals surface area contributed by atoms with Crippen LogP contribution in [-0.4, -0.2) is 71.9 Å². The molecule has 3 heterocycles. The Bertz CT molecular complexity index is 931. The molecule has 2 aliphatic heterocycles. The number of piperazine rings is 1. The summed E-state index contributed by atoms with van der Waals surface area (Å²) in [6.45, 7) is 8.41. The Morgan fingerprint density at radius 3 is 2.70 bits per heavy atom. The minimum absolute atomic E-state index is 0.00589. The third-order valence-electron chi connectivity index (χ3n) is 6.84. The zero-order valence-electron chi connectivity index (χ0n) is 19.8. The summed E-state index contributed by atoms with van der Waals surface area (Å²) in [5.74, 6) is 0.191. The van der Waals surface area contributed by atoms with Crippen LogP contribution in [0.3, 0.4) is 0 Å². The lowest BCUT2D eigenvalue weighted by Crippen LogP contribution is -2.58. The molecule has 2 aromatic rings. The SMILES string of the molecule is CCCCNC(=O)N1CCN(C(=O)CCN2CCc3sccc3C2c2ccccc2)CC1C. The van der Waals surface area contributed by atoms with Crippen molar-refractivity contribution in [2.45, 2.75) is 51.6 Å². The van der Waals surface area contributed by atoms with Crippen LogP contribution >= 0.6 is 11.3 Å². The first-order valence-electron chi connectivity index (χ1n) is 12.3. The lowest BCUT2D eigenvalue weighted by molar-refractivity contribution is -0.134. The van der Waals surface area contributed by atoms with Crippen LogP contribution in [0.1, 0.15) is 55.2 Å². The number of carbonyl (C=O) groups excluding carboxylic acids is 2. The van der Waals surface area contributed by atoms with Crippen LogP contribution in [-0.2, 0) is 11.2 Å². The van der Waals surface area contributed by atoms with Crippen LogP contribution in [0, 0.1) is 0 Å². The van der Waals surface area contributed by atoms with Gasteiger partial charge in [0.15, 0.2) is 0 Å². The Labute approximate surface area is 201 Å². The highest BCUT2D eigenvalue weighted by molar-refractivity contribution is 7.10. The maximum Gasteiger partial charge on any atom is 0.317 e. The Balaban J connectivity index is 1.33. The molecule has 1 aromatic carbocycles. The predicted octanol–water partition coefficient (Wildman–Crippen LogP) is 4.13. The number of urea groups is 1. The number of hydrogen-bond acceptors (Lipinski definition) is 4. The van der Waals surface area contributed by atoms with Gasteiger partial charge in [-0.1, -0.05) is 43.7 Å². The van der Waals surface area contributed by atoms with Crippen LogP contribution in [0.2, 0.25) is 0 Å². The third-order valence-corrected chi connectivity index (χ3v) is 7.84. The summed E-state index contributed by atoms with van der Waals surface area (Å²) in [5.41, 5.74) is 2.68. The fourth-order valence-electron chi connectivity index (χ4n) is 4.99. The molecule has 178 valence electrons. The van der Waals surface area contributed by atoms with Gasteiger partial charge in [-0.25, -0.2) is 4.79 Å². The molecule has 0 bridgehead atoms. The van der Waals surface area contributed by atoms with E-state index in [2.05, 4.69) is 58.9 Å². The first-order valence-corrected chi connectivity index (χ1v) is 13.1.